The fourth-order valence-electron chi connectivity index (χ4n) is 1.38. The number of hydrogen-bond acceptors (Lipinski definition) is 3. The quantitative estimate of drug-likeness (QED) is 0.429. The van der Waals surface area contributed by atoms with E-state index in [1.54, 1.807) is 11.8 Å². The molecule has 0 unspecified atom stereocenters. The fourth-order valence-corrected chi connectivity index (χ4v) is 2.25. The van der Waals surface area contributed by atoms with E-state index in [0.717, 1.165) is 11.3 Å². The number of nitrogens with one attached hydrogen (secondary N) is 1. The van der Waals surface area contributed by atoms with E-state index >= 15 is 0 Å². The van der Waals surface area contributed by atoms with Crippen LogP contribution in [0.1, 0.15) is 13.3 Å². The minimum absolute atomic E-state index is 0.0716. The van der Waals surface area contributed by atoms with Gasteiger partial charge in [0.1, 0.15) is 0 Å². The molecule has 1 N–H and O–H groups in total. The van der Waals surface area contributed by atoms with Crippen LogP contribution in [0.5, 0.6) is 0 Å². The average molecular weight is 279 g/mol. The maximum atomic E-state index is 11.5. The number of amides is 1. The summed E-state index contributed by atoms with van der Waals surface area (Å²) < 4.78 is 5.30. The topological polar surface area (TPSA) is 38.3 Å². The van der Waals surface area contributed by atoms with Gasteiger partial charge in [0.15, 0.2) is 0 Å². The standard InChI is InChI=1S/C15H21NO2S/c1-13(2)12-18-10-9-16-15(17)8-11-19-14-6-4-3-5-7-14/h3-7H,1,8-12H2,2H3,(H,16,17). The van der Waals surface area contributed by atoms with Gasteiger partial charge in [-0.2, -0.15) is 0 Å². The lowest BCUT2D eigenvalue weighted by molar-refractivity contribution is -0.120. The van der Waals surface area contributed by atoms with E-state index in [2.05, 4.69) is 11.9 Å². The van der Waals surface area contributed by atoms with Gasteiger partial charge in [0, 0.05) is 23.6 Å². The van der Waals surface area contributed by atoms with Crippen LogP contribution in [-0.2, 0) is 9.53 Å². The Morgan fingerprint density at radius 3 is 2.79 bits per heavy atom. The third kappa shape index (κ3) is 8.46. The average Bonchev–Trinajstić information content (AvgIpc) is 2.39. The number of ether oxygens (including phenoxy) is 1. The molecule has 0 spiro atoms. The zero-order valence-electron chi connectivity index (χ0n) is 11.4. The molecule has 1 aromatic rings. The lowest BCUT2D eigenvalue weighted by Gasteiger charge is -2.06. The summed E-state index contributed by atoms with van der Waals surface area (Å²) >= 11 is 1.69. The Balaban J connectivity index is 2.01. The van der Waals surface area contributed by atoms with Crippen molar-refractivity contribution in [2.75, 3.05) is 25.5 Å². The van der Waals surface area contributed by atoms with E-state index in [1.807, 2.05) is 37.3 Å². The van der Waals surface area contributed by atoms with Crippen LogP contribution in [-0.4, -0.2) is 31.4 Å². The van der Waals surface area contributed by atoms with Gasteiger partial charge in [-0.05, 0) is 19.1 Å². The molecule has 4 heteroatoms. The Kier molecular flexibility index (Phi) is 8.02. The molecule has 1 amide bonds. The second-order valence-electron chi connectivity index (χ2n) is 4.27. The summed E-state index contributed by atoms with van der Waals surface area (Å²) in [7, 11) is 0. The lowest BCUT2D eigenvalue weighted by Crippen LogP contribution is -2.27. The molecule has 3 nitrogen and oxygen atoms in total. The summed E-state index contributed by atoms with van der Waals surface area (Å²) in [5.74, 6) is 0.866. The van der Waals surface area contributed by atoms with Gasteiger partial charge in [-0.3, -0.25) is 4.79 Å². The van der Waals surface area contributed by atoms with Crippen LogP contribution in [0.4, 0.5) is 0 Å². The molecule has 0 saturated carbocycles. The van der Waals surface area contributed by atoms with Crippen molar-refractivity contribution in [2.24, 2.45) is 0 Å². The highest BCUT2D eigenvalue weighted by atomic mass is 32.2. The molecule has 0 radical (unpaired) electrons. The highest BCUT2D eigenvalue weighted by Crippen LogP contribution is 2.17. The van der Waals surface area contributed by atoms with Crippen LogP contribution in [0.25, 0.3) is 0 Å². The molecule has 0 saturated heterocycles. The van der Waals surface area contributed by atoms with Crippen molar-refractivity contribution < 1.29 is 9.53 Å². The third-order valence-electron chi connectivity index (χ3n) is 2.26. The van der Waals surface area contributed by atoms with Crippen LogP contribution in [0.2, 0.25) is 0 Å². The van der Waals surface area contributed by atoms with E-state index < -0.39 is 0 Å². The van der Waals surface area contributed by atoms with Crippen molar-refractivity contribution in [3.8, 4) is 0 Å². The molecule has 0 aromatic heterocycles. The highest BCUT2D eigenvalue weighted by molar-refractivity contribution is 7.99. The van der Waals surface area contributed by atoms with Gasteiger partial charge in [-0.1, -0.05) is 30.4 Å². The van der Waals surface area contributed by atoms with E-state index in [-0.39, 0.29) is 5.91 Å². The highest BCUT2D eigenvalue weighted by Gasteiger charge is 2.01. The first-order valence-electron chi connectivity index (χ1n) is 6.35. The normalized spacial score (nSPS) is 10.2. The van der Waals surface area contributed by atoms with E-state index in [4.69, 9.17) is 4.74 Å². The molecule has 0 aliphatic carbocycles. The molecule has 0 aliphatic rings. The van der Waals surface area contributed by atoms with Gasteiger partial charge in [0.2, 0.25) is 5.91 Å². The smallest absolute Gasteiger partial charge is 0.220 e. The van der Waals surface area contributed by atoms with Crippen LogP contribution < -0.4 is 5.32 Å². The van der Waals surface area contributed by atoms with Gasteiger partial charge in [-0.15, -0.1) is 11.8 Å². The maximum absolute atomic E-state index is 11.5. The molecule has 0 atom stereocenters. The zero-order chi connectivity index (χ0) is 13.9. The summed E-state index contributed by atoms with van der Waals surface area (Å²) in [6, 6.07) is 10.1. The Bertz CT molecular complexity index is 392. The van der Waals surface area contributed by atoms with Crippen LogP contribution in [0, 0.1) is 0 Å². The maximum Gasteiger partial charge on any atom is 0.220 e. The molecule has 0 bridgehead atoms. The molecule has 0 heterocycles. The van der Waals surface area contributed by atoms with Gasteiger partial charge < -0.3 is 10.1 Å². The van der Waals surface area contributed by atoms with Gasteiger partial charge in [0.05, 0.1) is 13.2 Å². The van der Waals surface area contributed by atoms with Crippen molar-refractivity contribution in [1.29, 1.82) is 0 Å². The fraction of sp³-hybridized carbons (Fsp3) is 0.400. The summed E-state index contributed by atoms with van der Waals surface area (Å²) in [5, 5.41) is 2.84. The molecule has 104 valence electrons. The van der Waals surface area contributed by atoms with E-state index in [1.165, 1.54) is 4.90 Å². The second-order valence-corrected chi connectivity index (χ2v) is 5.44. The summed E-state index contributed by atoms with van der Waals surface area (Å²) in [6.07, 6.45) is 0.528. The van der Waals surface area contributed by atoms with E-state index in [9.17, 15) is 4.79 Å². The first kappa shape index (κ1) is 15.8. The minimum atomic E-state index is 0.0716. The predicted octanol–water partition coefficient (Wildman–Crippen LogP) is 2.88. The predicted molar refractivity (Wildman–Crippen MR) is 80.4 cm³/mol. The number of carbonyl (C=O) groups is 1. The van der Waals surface area contributed by atoms with Crippen molar-refractivity contribution in [2.45, 2.75) is 18.2 Å². The molecule has 0 fully saturated rings. The van der Waals surface area contributed by atoms with Gasteiger partial charge in [0.25, 0.3) is 0 Å². The number of carbonyl (C=O) groups excluding carboxylic acids is 1. The van der Waals surface area contributed by atoms with Crippen molar-refractivity contribution in [1.82, 2.24) is 5.32 Å². The Labute approximate surface area is 119 Å². The van der Waals surface area contributed by atoms with Crippen molar-refractivity contribution in [3.63, 3.8) is 0 Å². The van der Waals surface area contributed by atoms with Crippen LogP contribution >= 0.6 is 11.8 Å². The summed E-state index contributed by atoms with van der Waals surface area (Å²) in [6.45, 7) is 7.30. The first-order valence-corrected chi connectivity index (χ1v) is 7.33. The monoisotopic (exact) mass is 279 g/mol. The SMILES string of the molecule is C=C(C)COCCNC(=O)CCSc1ccccc1. The number of benzene rings is 1. The van der Waals surface area contributed by atoms with Crippen LogP contribution in [0.15, 0.2) is 47.4 Å². The minimum Gasteiger partial charge on any atom is -0.375 e. The van der Waals surface area contributed by atoms with Crippen molar-refractivity contribution >= 4 is 17.7 Å². The van der Waals surface area contributed by atoms with Crippen molar-refractivity contribution in [3.05, 3.63) is 42.5 Å². The molecular weight excluding hydrogens is 258 g/mol. The Hall–Kier alpha value is -1.26. The number of thioether (sulfide) groups is 1. The Morgan fingerprint density at radius 2 is 2.11 bits per heavy atom. The number of hydrogen-bond donors (Lipinski definition) is 1. The second kappa shape index (κ2) is 9.64. The zero-order valence-corrected chi connectivity index (χ0v) is 12.2. The van der Waals surface area contributed by atoms with Crippen LogP contribution in [0.3, 0.4) is 0 Å². The molecule has 0 aliphatic heterocycles. The van der Waals surface area contributed by atoms with Gasteiger partial charge >= 0.3 is 0 Å². The number of rotatable bonds is 9. The van der Waals surface area contributed by atoms with Gasteiger partial charge in [-0.25, -0.2) is 0 Å². The lowest BCUT2D eigenvalue weighted by atomic mass is 10.4. The Morgan fingerprint density at radius 1 is 1.37 bits per heavy atom. The summed E-state index contributed by atoms with van der Waals surface area (Å²) in [5.41, 5.74) is 0.991. The van der Waals surface area contributed by atoms with E-state index in [0.29, 0.717) is 26.2 Å². The first-order chi connectivity index (χ1) is 9.18. The molecular formula is C15H21NO2S. The molecule has 1 rings (SSSR count). The largest absolute Gasteiger partial charge is 0.375 e. The molecule has 1 aromatic carbocycles. The third-order valence-corrected chi connectivity index (χ3v) is 3.27. The summed E-state index contributed by atoms with van der Waals surface area (Å²) in [4.78, 5) is 12.7. The molecule has 19 heavy (non-hydrogen) atoms.